The zero-order valence-corrected chi connectivity index (χ0v) is 9.32. The van der Waals surface area contributed by atoms with Gasteiger partial charge in [-0.15, -0.1) is 11.6 Å². The topological polar surface area (TPSA) is 6.48 Å². The lowest BCUT2D eigenvalue weighted by molar-refractivity contribution is -0.145. The fraction of sp³-hybridized carbons (Fsp3) is 1.00. The summed E-state index contributed by atoms with van der Waals surface area (Å²) in [4.78, 5) is 3.58. The molecule has 0 aromatic carbocycles. The fourth-order valence-electron chi connectivity index (χ4n) is 1.78. The van der Waals surface area contributed by atoms with Gasteiger partial charge in [-0.05, 0) is 19.5 Å². The number of nitrogens with zero attached hydrogens (tertiary/aromatic N) is 2. The largest absolute Gasteiger partial charge is 0.401 e. The highest BCUT2D eigenvalue weighted by molar-refractivity contribution is 6.18. The Morgan fingerprint density at radius 1 is 1.00 bits per heavy atom. The Hall–Kier alpha value is 0. The molecule has 1 fully saturated rings. The summed E-state index contributed by atoms with van der Waals surface area (Å²) in [7, 11) is 0. The van der Waals surface area contributed by atoms with E-state index in [1.807, 2.05) is 0 Å². The quantitative estimate of drug-likeness (QED) is 0.699. The maximum absolute atomic E-state index is 12.1. The third kappa shape index (κ3) is 5.58. The highest BCUT2D eigenvalue weighted by atomic mass is 35.5. The molecule has 0 unspecified atom stereocenters. The summed E-state index contributed by atoms with van der Waals surface area (Å²) in [5.41, 5.74) is 0. The molecule has 0 amide bonds. The molecule has 0 spiro atoms. The van der Waals surface area contributed by atoms with Crippen LogP contribution in [0, 0.1) is 0 Å². The molecular formula is C9H16ClF3N2. The van der Waals surface area contributed by atoms with Gasteiger partial charge in [-0.2, -0.15) is 13.2 Å². The van der Waals surface area contributed by atoms with Crippen LogP contribution in [0.25, 0.3) is 0 Å². The van der Waals surface area contributed by atoms with E-state index in [4.69, 9.17) is 11.6 Å². The van der Waals surface area contributed by atoms with Crippen molar-refractivity contribution in [1.82, 2.24) is 9.80 Å². The molecule has 0 N–H and O–H groups in total. The maximum Gasteiger partial charge on any atom is 0.401 e. The summed E-state index contributed by atoms with van der Waals surface area (Å²) >= 11 is 5.60. The first-order valence-corrected chi connectivity index (χ1v) is 5.62. The monoisotopic (exact) mass is 244 g/mol. The second-order valence-electron chi connectivity index (χ2n) is 3.78. The van der Waals surface area contributed by atoms with Crippen molar-refractivity contribution in [3.63, 3.8) is 0 Å². The molecule has 90 valence electrons. The van der Waals surface area contributed by atoms with Crippen LogP contribution in [-0.4, -0.2) is 61.1 Å². The number of hydrogen-bond donors (Lipinski definition) is 0. The van der Waals surface area contributed by atoms with Crippen LogP contribution in [0.4, 0.5) is 13.2 Å². The maximum atomic E-state index is 12.1. The van der Waals surface area contributed by atoms with Crippen LogP contribution < -0.4 is 0 Å². The minimum Gasteiger partial charge on any atom is -0.301 e. The Balaban J connectivity index is 2.32. The first-order chi connectivity index (χ1) is 7.01. The Labute approximate surface area is 93.0 Å². The average molecular weight is 245 g/mol. The van der Waals surface area contributed by atoms with E-state index in [1.165, 1.54) is 4.90 Å². The SMILES string of the molecule is FC(F)(F)CN1CCCN(CCCl)CC1. The molecule has 1 saturated heterocycles. The summed E-state index contributed by atoms with van der Waals surface area (Å²) in [6.45, 7) is 2.52. The molecule has 2 nitrogen and oxygen atoms in total. The summed E-state index contributed by atoms with van der Waals surface area (Å²) in [5, 5.41) is 0. The van der Waals surface area contributed by atoms with Crippen molar-refractivity contribution in [2.45, 2.75) is 12.6 Å². The lowest BCUT2D eigenvalue weighted by Gasteiger charge is -2.22. The molecule has 0 aromatic heterocycles. The van der Waals surface area contributed by atoms with E-state index in [-0.39, 0.29) is 0 Å². The number of rotatable bonds is 3. The van der Waals surface area contributed by atoms with Gasteiger partial charge < -0.3 is 4.90 Å². The first kappa shape index (κ1) is 13.1. The van der Waals surface area contributed by atoms with Crippen molar-refractivity contribution < 1.29 is 13.2 Å². The Morgan fingerprint density at radius 2 is 1.60 bits per heavy atom. The number of hydrogen-bond acceptors (Lipinski definition) is 2. The zero-order valence-electron chi connectivity index (χ0n) is 8.56. The Morgan fingerprint density at radius 3 is 2.20 bits per heavy atom. The molecule has 0 aromatic rings. The molecule has 0 atom stereocenters. The molecule has 0 radical (unpaired) electrons. The molecule has 1 heterocycles. The second kappa shape index (κ2) is 5.92. The van der Waals surface area contributed by atoms with Gasteiger partial charge in [0.25, 0.3) is 0 Å². The summed E-state index contributed by atoms with van der Waals surface area (Å²) < 4.78 is 36.4. The predicted octanol–water partition coefficient (Wildman–Crippen LogP) is 1.80. The van der Waals surface area contributed by atoms with Crippen LogP contribution in [0.15, 0.2) is 0 Å². The van der Waals surface area contributed by atoms with Gasteiger partial charge in [-0.25, -0.2) is 0 Å². The number of halogens is 4. The highest BCUT2D eigenvalue weighted by Gasteiger charge is 2.31. The van der Waals surface area contributed by atoms with Gasteiger partial charge in [0.1, 0.15) is 0 Å². The molecule has 15 heavy (non-hydrogen) atoms. The predicted molar refractivity (Wildman–Crippen MR) is 54.3 cm³/mol. The zero-order chi connectivity index (χ0) is 11.3. The van der Waals surface area contributed by atoms with E-state index in [2.05, 4.69) is 4.90 Å². The van der Waals surface area contributed by atoms with Crippen molar-refractivity contribution in [2.24, 2.45) is 0 Å². The van der Waals surface area contributed by atoms with E-state index >= 15 is 0 Å². The van der Waals surface area contributed by atoms with Gasteiger partial charge in [-0.3, -0.25) is 4.90 Å². The molecule has 0 saturated carbocycles. The Kier molecular flexibility index (Phi) is 5.15. The van der Waals surface area contributed by atoms with Crippen LogP contribution in [0.2, 0.25) is 0 Å². The molecule has 1 rings (SSSR count). The minimum absolute atomic E-state index is 0.483. The van der Waals surface area contributed by atoms with Crippen LogP contribution in [0.3, 0.4) is 0 Å². The normalized spacial score (nSPS) is 21.6. The van der Waals surface area contributed by atoms with E-state index in [1.54, 1.807) is 0 Å². The van der Waals surface area contributed by atoms with Crippen LogP contribution in [0.5, 0.6) is 0 Å². The second-order valence-corrected chi connectivity index (χ2v) is 4.15. The van der Waals surface area contributed by atoms with Crippen molar-refractivity contribution >= 4 is 11.6 Å². The van der Waals surface area contributed by atoms with E-state index in [9.17, 15) is 13.2 Å². The molecule has 6 heteroatoms. The third-order valence-corrected chi connectivity index (χ3v) is 2.65. The summed E-state index contributed by atoms with van der Waals surface area (Å²) in [6, 6.07) is 0. The third-order valence-electron chi connectivity index (χ3n) is 2.48. The summed E-state index contributed by atoms with van der Waals surface area (Å²) in [6.07, 6.45) is -3.30. The molecule has 1 aliphatic rings. The lowest BCUT2D eigenvalue weighted by Crippen LogP contribution is -2.37. The average Bonchev–Trinajstić information content (AvgIpc) is 2.29. The van der Waals surface area contributed by atoms with Crippen molar-refractivity contribution in [1.29, 1.82) is 0 Å². The molecule has 1 aliphatic heterocycles. The van der Waals surface area contributed by atoms with E-state index < -0.39 is 12.7 Å². The fourth-order valence-corrected chi connectivity index (χ4v) is 2.02. The smallest absolute Gasteiger partial charge is 0.301 e. The van der Waals surface area contributed by atoms with Gasteiger partial charge >= 0.3 is 6.18 Å². The van der Waals surface area contributed by atoms with Gasteiger partial charge in [0, 0.05) is 25.5 Å². The van der Waals surface area contributed by atoms with Crippen LogP contribution in [0.1, 0.15) is 6.42 Å². The first-order valence-electron chi connectivity index (χ1n) is 5.09. The van der Waals surface area contributed by atoms with Crippen molar-refractivity contribution in [3.8, 4) is 0 Å². The van der Waals surface area contributed by atoms with Crippen LogP contribution in [-0.2, 0) is 0 Å². The Bertz CT molecular complexity index is 187. The van der Waals surface area contributed by atoms with E-state index in [0.29, 0.717) is 25.5 Å². The molecule has 0 bridgehead atoms. The summed E-state index contributed by atoms with van der Waals surface area (Å²) in [5.74, 6) is 0.541. The van der Waals surface area contributed by atoms with Crippen molar-refractivity contribution in [3.05, 3.63) is 0 Å². The van der Waals surface area contributed by atoms with Gasteiger partial charge in [0.15, 0.2) is 0 Å². The van der Waals surface area contributed by atoms with Crippen molar-refractivity contribution in [2.75, 3.05) is 45.1 Å². The van der Waals surface area contributed by atoms with Gasteiger partial charge in [-0.1, -0.05) is 0 Å². The van der Waals surface area contributed by atoms with Crippen LogP contribution >= 0.6 is 11.6 Å². The van der Waals surface area contributed by atoms with Gasteiger partial charge in [0.2, 0.25) is 0 Å². The molecular weight excluding hydrogens is 229 g/mol. The lowest BCUT2D eigenvalue weighted by atomic mass is 10.4. The number of alkyl halides is 4. The van der Waals surface area contributed by atoms with Gasteiger partial charge in [0.05, 0.1) is 6.54 Å². The van der Waals surface area contributed by atoms with E-state index in [0.717, 1.165) is 19.5 Å². The standard InChI is InChI=1S/C9H16ClF3N2/c10-2-5-14-3-1-4-15(7-6-14)8-9(11,12)13/h1-8H2. The molecule has 0 aliphatic carbocycles. The minimum atomic E-state index is -4.08. The highest BCUT2D eigenvalue weighted by Crippen LogP contribution is 2.17.